The molecule has 0 aliphatic rings. The zero-order valence-corrected chi connectivity index (χ0v) is 24.3. The van der Waals surface area contributed by atoms with Gasteiger partial charge in [-0.15, -0.1) is 0 Å². The summed E-state index contributed by atoms with van der Waals surface area (Å²) in [6, 6.07) is 21.0. The second-order valence-corrected chi connectivity index (χ2v) is 11.8. The Bertz CT molecular complexity index is 1380. The molecular formula is C31H38FN3O4S. The number of carbonyl (C=O) groups excluding carboxylic acids is 2. The second-order valence-electron chi connectivity index (χ2n) is 9.92. The molecule has 0 radical (unpaired) electrons. The van der Waals surface area contributed by atoms with Crippen molar-refractivity contribution in [3.05, 3.63) is 101 Å². The predicted octanol–water partition coefficient (Wildman–Crippen LogP) is 4.71. The van der Waals surface area contributed by atoms with Crippen LogP contribution in [-0.2, 0) is 39.0 Å². The Morgan fingerprint density at radius 2 is 1.52 bits per heavy atom. The van der Waals surface area contributed by atoms with Gasteiger partial charge in [0.25, 0.3) is 0 Å². The summed E-state index contributed by atoms with van der Waals surface area (Å²) in [6.45, 7) is 5.26. The SMILES string of the molecule is CCc1ccccc1N(CC(=O)N(Cc1ccc(F)cc1)[C@@H](Cc1ccccc1)C(=O)N[C@H](C)CC)S(C)(=O)=O. The molecule has 0 heterocycles. The van der Waals surface area contributed by atoms with Crippen molar-refractivity contribution >= 4 is 27.5 Å². The van der Waals surface area contributed by atoms with E-state index in [2.05, 4.69) is 5.32 Å². The van der Waals surface area contributed by atoms with Gasteiger partial charge in [0.15, 0.2) is 0 Å². The van der Waals surface area contributed by atoms with Crippen molar-refractivity contribution in [3.63, 3.8) is 0 Å². The fraction of sp³-hybridized carbons (Fsp3) is 0.355. The largest absolute Gasteiger partial charge is 0.352 e. The zero-order valence-electron chi connectivity index (χ0n) is 23.5. The normalized spacial score (nSPS) is 12.8. The molecule has 0 spiro atoms. The van der Waals surface area contributed by atoms with Gasteiger partial charge in [0.1, 0.15) is 18.4 Å². The van der Waals surface area contributed by atoms with Crippen LogP contribution in [0.2, 0.25) is 0 Å². The maximum absolute atomic E-state index is 14.1. The third kappa shape index (κ3) is 8.39. The predicted molar refractivity (Wildman–Crippen MR) is 157 cm³/mol. The summed E-state index contributed by atoms with van der Waals surface area (Å²) in [5.41, 5.74) is 2.66. The second kappa shape index (κ2) is 14.1. The number of amides is 2. The van der Waals surface area contributed by atoms with Gasteiger partial charge in [0.05, 0.1) is 11.9 Å². The van der Waals surface area contributed by atoms with Crippen LogP contribution < -0.4 is 9.62 Å². The lowest BCUT2D eigenvalue weighted by atomic mass is 10.0. The highest BCUT2D eigenvalue weighted by Gasteiger charge is 2.33. The van der Waals surface area contributed by atoms with Crippen molar-refractivity contribution in [1.82, 2.24) is 10.2 Å². The molecular weight excluding hydrogens is 529 g/mol. The molecule has 0 aliphatic heterocycles. The summed E-state index contributed by atoms with van der Waals surface area (Å²) in [4.78, 5) is 29.2. The Kier molecular flexibility index (Phi) is 10.8. The van der Waals surface area contributed by atoms with Gasteiger partial charge < -0.3 is 10.2 Å². The summed E-state index contributed by atoms with van der Waals surface area (Å²) in [7, 11) is -3.85. The van der Waals surface area contributed by atoms with Crippen molar-refractivity contribution in [2.24, 2.45) is 0 Å². The lowest BCUT2D eigenvalue weighted by Gasteiger charge is -2.34. The summed E-state index contributed by atoms with van der Waals surface area (Å²) in [6.07, 6.45) is 2.56. The first-order valence-corrected chi connectivity index (χ1v) is 15.3. The van der Waals surface area contributed by atoms with Crippen molar-refractivity contribution in [3.8, 4) is 0 Å². The van der Waals surface area contributed by atoms with E-state index in [1.165, 1.54) is 17.0 Å². The van der Waals surface area contributed by atoms with Gasteiger partial charge in [-0.05, 0) is 54.7 Å². The first-order valence-electron chi connectivity index (χ1n) is 13.5. The number of anilines is 1. The van der Waals surface area contributed by atoms with Gasteiger partial charge in [-0.25, -0.2) is 12.8 Å². The van der Waals surface area contributed by atoms with Gasteiger partial charge >= 0.3 is 0 Å². The van der Waals surface area contributed by atoms with Crippen LogP contribution in [0.1, 0.15) is 43.9 Å². The minimum absolute atomic E-state index is 0.00241. The Hall–Kier alpha value is -3.72. The van der Waals surface area contributed by atoms with Crippen LogP contribution >= 0.6 is 0 Å². The van der Waals surface area contributed by atoms with Gasteiger partial charge in [-0.2, -0.15) is 0 Å². The summed E-state index contributed by atoms with van der Waals surface area (Å²) in [5, 5.41) is 2.99. The van der Waals surface area contributed by atoms with Crippen molar-refractivity contribution < 1.29 is 22.4 Å². The van der Waals surface area contributed by atoms with E-state index in [9.17, 15) is 22.4 Å². The molecule has 0 bridgehead atoms. The highest BCUT2D eigenvalue weighted by Crippen LogP contribution is 2.24. The summed E-state index contributed by atoms with van der Waals surface area (Å²) < 4.78 is 40.7. The first-order chi connectivity index (χ1) is 19.0. The molecule has 9 heteroatoms. The van der Waals surface area contributed by atoms with Crippen LogP contribution in [0.15, 0.2) is 78.9 Å². The molecule has 0 unspecified atom stereocenters. The molecule has 0 saturated heterocycles. The number of benzene rings is 3. The fourth-order valence-electron chi connectivity index (χ4n) is 4.43. The van der Waals surface area contributed by atoms with Gasteiger partial charge in [0.2, 0.25) is 21.8 Å². The summed E-state index contributed by atoms with van der Waals surface area (Å²) in [5.74, 6) is -1.30. The monoisotopic (exact) mass is 567 g/mol. The van der Waals surface area contributed by atoms with E-state index >= 15 is 0 Å². The molecule has 40 heavy (non-hydrogen) atoms. The molecule has 214 valence electrons. The lowest BCUT2D eigenvalue weighted by molar-refractivity contribution is -0.140. The number of nitrogens with zero attached hydrogens (tertiary/aromatic N) is 2. The van der Waals surface area contributed by atoms with Crippen molar-refractivity contribution in [2.75, 3.05) is 17.1 Å². The number of rotatable bonds is 13. The van der Waals surface area contributed by atoms with Gasteiger partial charge in [0, 0.05) is 19.0 Å². The third-order valence-electron chi connectivity index (χ3n) is 6.86. The fourth-order valence-corrected chi connectivity index (χ4v) is 5.31. The maximum Gasteiger partial charge on any atom is 0.244 e. The van der Waals surface area contributed by atoms with Crippen LogP contribution in [0, 0.1) is 5.82 Å². The van der Waals surface area contributed by atoms with E-state index < -0.39 is 34.3 Å². The zero-order chi connectivity index (χ0) is 29.3. The van der Waals surface area contributed by atoms with Gasteiger partial charge in [-0.3, -0.25) is 13.9 Å². The average Bonchev–Trinajstić information content (AvgIpc) is 2.94. The molecule has 2 atom stereocenters. The van der Waals surface area contributed by atoms with E-state index in [1.807, 2.05) is 63.2 Å². The Labute approximate surface area is 237 Å². The highest BCUT2D eigenvalue weighted by atomic mass is 32.2. The first kappa shape index (κ1) is 30.8. The topological polar surface area (TPSA) is 86.8 Å². The van der Waals surface area contributed by atoms with Crippen LogP contribution in [0.25, 0.3) is 0 Å². The molecule has 7 nitrogen and oxygen atoms in total. The van der Waals surface area contributed by atoms with Crippen molar-refractivity contribution in [1.29, 1.82) is 0 Å². The Balaban J connectivity index is 2.07. The molecule has 0 aromatic heterocycles. The highest BCUT2D eigenvalue weighted by molar-refractivity contribution is 7.92. The quantitative estimate of drug-likeness (QED) is 0.324. The van der Waals surface area contributed by atoms with Crippen LogP contribution in [0.5, 0.6) is 0 Å². The number of sulfonamides is 1. The smallest absolute Gasteiger partial charge is 0.244 e. The average molecular weight is 568 g/mol. The molecule has 2 amide bonds. The number of hydrogen-bond acceptors (Lipinski definition) is 4. The Morgan fingerprint density at radius 3 is 2.12 bits per heavy atom. The minimum atomic E-state index is -3.85. The Morgan fingerprint density at radius 1 is 0.900 bits per heavy atom. The van der Waals surface area contributed by atoms with E-state index in [-0.39, 0.29) is 24.9 Å². The van der Waals surface area contributed by atoms with E-state index in [0.717, 1.165) is 21.7 Å². The number of para-hydroxylation sites is 1. The van der Waals surface area contributed by atoms with E-state index in [4.69, 9.17) is 0 Å². The number of halogens is 1. The van der Waals surface area contributed by atoms with Crippen LogP contribution in [0.4, 0.5) is 10.1 Å². The number of nitrogens with one attached hydrogen (secondary N) is 1. The molecule has 0 saturated carbocycles. The van der Waals surface area contributed by atoms with E-state index in [0.29, 0.717) is 24.1 Å². The lowest BCUT2D eigenvalue weighted by Crippen LogP contribution is -2.54. The summed E-state index contributed by atoms with van der Waals surface area (Å²) >= 11 is 0. The molecule has 0 fully saturated rings. The molecule has 3 aromatic rings. The van der Waals surface area contributed by atoms with Gasteiger partial charge in [-0.1, -0.05) is 74.5 Å². The van der Waals surface area contributed by atoms with Crippen LogP contribution in [-0.4, -0.2) is 50.0 Å². The minimum Gasteiger partial charge on any atom is -0.352 e. The maximum atomic E-state index is 14.1. The standard InChI is InChI=1S/C31H38FN3O4S/c1-5-23(3)33-31(37)29(20-24-12-8-7-9-13-24)34(21-25-16-18-27(32)19-17-25)30(36)22-35(40(4,38)39)28-15-11-10-14-26(28)6-2/h7-19,23,29H,5-6,20-22H2,1-4H3,(H,33,37)/t23-,29+/m1/s1. The molecule has 3 aromatic carbocycles. The molecule has 3 rings (SSSR count). The van der Waals surface area contributed by atoms with E-state index in [1.54, 1.807) is 24.3 Å². The third-order valence-corrected chi connectivity index (χ3v) is 7.99. The van der Waals surface area contributed by atoms with Crippen molar-refractivity contribution in [2.45, 2.75) is 58.7 Å². The molecule has 1 N–H and O–H groups in total. The van der Waals surface area contributed by atoms with Crippen LogP contribution in [0.3, 0.4) is 0 Å². The number of aryl methyl sites for hydroxylation is 1. The number of carbonyl (C=O) groups is 2. The molecule has 0 aliphatic carbocycles. The number of hydrogen-bond donors (Lipinski definition) is 1.